The zero-order chi connectivity index (χ0) is 12.3. The Balaban J connectivity index is 2.31. The molecule has 1 heterocycles. The summed E-state index contributed by atoms with van der Waals surface area (Å²) in [5.74, 6) is 1.07. The van der Waals surface area contributed by atoms with Crippen molar-refractivity contribution in [3.8, 4) is 0 Å². The molecule has 0 aromatic heterocycles. The molecule has 0 saturated heterocycles. The van der Waals surface area contributed by atoms with Gasteiger partial charge in [0, 0.05) is 0 Å². The van der Waals surface area contributed by atoms with Gasteiger partial charge in [0.1, 0.15) is 5.76 Å². The highest BCUT2D eigenvalue weighted by Gasteiger charge is 2.18. The molecule has 1 aromatic carbocycles. The first-order valence-corrected chi connectivity index (χ1v) is 6.29. The number of benzene rings is 1. The molecule has 1 aliphatic heterocycles. The van der Waals surface area contributed by atoms with Gasteiger partial charge in [0.15, 0.2) is 0 Å². The van der Waals surface area contributed by atoms with Crippen LogP contribution < -0.4 is 5.32 Å². The number of hydrogen-bond donors (Lipinski definition) is 1. The first-order valence-electron chi connectivity index (χ1n) is 6.29. The normalized spacial score (nSPS) is 17.2. The molecular formula is C15H21NO. The van der Waals surface area contributed by atoms with Gasteiger partial charge in [0.25, 0.3) is 0 Å². The summed E-state index contributed by atoms with van der Waals surface area (Å²) in [6.07, 6.45) is 4.47. The Kier molecular flexibility index (Phi) is 3.85. The topological polar surface area (TPSA) is 21.3 Å². The van der Waals surface area contributed by atoms with Gasteiger partial charge in [0.2, 0.25) is 0 Å². The predicted molar refractivity (Wildman–Crippen MR) is 71.0 cm³/mol. The Morgan fingerprint density at radius 1 is 1.18 bits per heavy atom. The fourth-order valence-corrected chi connectivity index (χ4v) is 2.43. The molecule has 17 heavy (non-hydrogen) atoms. The van der Waals surface area contributed by atoms with Gasteiger partial charge in [0.05, 0.1) is 12.6 Å². The highest BCUT2D eigenvalue weighted by atomic mass is 16.5. The molecule has 0 bridgehead atoms. The number of ether oxygens (including phenoxy) is 1. The van der Waals surface area contributed by atoms with Crippen molar-refractivity contribution >= 4 is 0 Å². The Labute approximate surface area is 104 Å². The average molecular weight is 231 g/mol. The summed E-state index contributed by atoms with van der Waals surface area (Å²) in [6, 6.07) is 6.85. The number of aryl methyl sites for hydroxylation is 2. The number of hydrogen-bond acceptors (Lipinski definition) is 2. The lowest BCUT2D eigenvalue weighted by atomic mass is 9.99. The van der Waals surface area contributed by atoms with E-state index in [1.54, 1.807) is 0 Å². The molecule has 1 aliphatic rings. The highest BCUT2D eigenvalue weighted by Crippen LogP contribution is 2.27. The summed E-state index contributed by atoms with van der Waals surface area (Å²) >= 11 is 0. The minimum atomic E-state index is 0.189. The first kappa shape index (κ1) is 12.2. The zero-order valence-corrected chi connectivity index (χ0v) is 10.9. The Morgan fingerprint density at radius 3 is 2.41 bits per heavy atom. The second kappa shape index (κ2) is 5.37. The summed E-state index contributed by atoms with van der Waals surface area (Å²) in [5.41, 5.74) is 3.89. The average Bonchev–Trinajstić information content (AvgIpc) is 2.30. The lowest BCUT2D eigenvalue weighted by Crippen LogP contribution is -2.22. The van der Waals surface area contributed by atoms with Crippen molar-refractivity contribution < 1.29 is 4.74 Å². The van der Waals surface area contributed by atoms with Crippen LogP contribution in [-0.2, 0) is 4.74 Å². The minimum absolute atomic E-state index is 0.189. The molecule has 0 fully saturated rings. The van der Waals surface area contributed by atoms with Crippen LogP contribution in [0.15, 0.2) is 30.0 Å². The fourth-order valence-electron chi connectivity index (χ4n) is 2.43. The van der Waals surface area contributed by atoms with E-state index in [2.05, 4.69) is 43.4 Å². The summed E-state index contributed by atoms with van der Waals surface area (Å²) in [6.45, 7) is 5.12. The molecule has 1 atom stereocenters. The molecule has 1 unspecified atom stereocenters. The Bertz CT molecular complexity index is 403. The quantitative estimate of drug-likeness (QED) is 0.862. The monoisotopic (exact) mass is 231 g/mol. The molecule has 0 saturated carbocycles. The van der Waals surface area contributed by atoms with Crippen molar-refractivity contribution in [2.75, 3.05) is 13.7 Å². The van der Waals surface area contributed by atoms with Gasteiger partial charge >= 0.3 is 0 Å². The number of rotatable bonds is 3. The fraction of sp³-hybridized carbons (Fsp3) is 0.467. The highest BCUT2D eigenvalue weighted by molar-refractivity contribution is 5.34. The number of allylic oxidation sites excluding steroid dienone is 1. The third-order valence-corrected chi connectivity index (χ3v) is 3.11. The standard InChI is InChI=1S/C15H21NO/c1-11-8-12(2)10-13(9-11)15(16-3)14-6-4-5-7-17-14/h6,8-10,15-16H,4-5,7H2,1-3H3. The van der Waals surface area contributed by atoms with Crippen LogP contribution in [-0.4, -0.2) is 13.7 Å². The van der Waals surface area contributed by atoms with Gasteiger partial charge in [-0.1, -0.05) is 29.3 Å². The third-order valence-electron chi connectivity index (χ3n) is 3.11. The number of likely N-dealkylation sites (N-methyl/N-ethyl adjacent to an activating group) is 1. The SMILES string of the molecule is CNC(C1=CCCCO1)c1cc(C)cc(C)c1. The molecule has 1 N–H and O–H groups in total. The van der Waals surface area contributed by atoms with E-state index in [1.165, 1.54) is 16.7 Å². The molecule has 0 aliphatic carbocycles. The van der Waals surface area contributed by atoms with Crippen molar-refractivity contribution in [1.29, 1.82) is 0 Å². The molecule has 1 aromatic rings. The molecule has 0 amide bonds. The largest absolute Gasteiger partial charge is 0.496 e. The van der Waals surface area contributed by atoms with Crippen LogP contribution in [0.5, 0.6) is 0 Å². The van der Waals surface area contributed by atoms with E-state index in [1.807, 2.05) is 7.05 Å². The minimum Gasteiger partial charge on any atom is -0.496 e. The lowest BCUT2D eigenvalue weighted by Gasteiger charge is -2.24. The van der Waals surface area contributed by atoms with E-state index >= 15 is 0 Å². The van der Waals surface area contributed by atoms with Crippen LogP contribution in [0.2, 0.25) is 0 Å². The molecule has 2 nitrogen and oxygen atoms in total. The summed E-state index contributed by atoms with van der Waals surface area (Å²) in [7, 11) is 1.99. The second-order valence-electron chi connectivity index (χ2n) is 4.74. The smallest absolute Gasteiger partial charge is 0.113 e. The maximum absolute atomic E-state index is 5.76. The number of nitrogens with one attached hydrogen (secondary N) is 1. The Morgan fingerprint density at radius 2 is 1.88 bits per heavy atom. The molecule has 2 rings (SSSR count). The van der Waals surface area contributed by atoms with Crippen molar-refractivity contribution in [1.82, 2.24) is 5.32 Å². The molecule has 92 valence electrons. The second-order valence-corrected chi connectivity index (χ2v) is 4.74. The zero-order valence-electron chi connectivity index (χ0n) is 10.9. The summed E-state index contributed by atoms with van der Waals surface area (Å²) in [5, 5.41) is 3.35. The van der Waals surface area contributed by atoms with Crippen LogP contribution in [0.3, 0.4) is 0 Å². The lowest BCUT2D eigenvalue weighted by molar-refractivity contribution is 0.169. The molecule has 0 radical (unpaired) electrons. The van der Waals surface area contributed by atoms with Crippen molar-refractivity contribution in [2.24, 2.45) is 0 Å². The van der Waals surface area contributed by atoms with Gasteiger partial charge in [-0.25, -0.2) is 0 Å². The van der Waals surface area contributed by atoms with Gasteiger partial charge in [-0.2, -0.15) is 0 Å². The third kappa shape index (κ3) is 2.89. The van der Waals surface area contributed by atoms with E-state index in [-0.39, 0.29) is 6.04 Å². The van der Waals surface area contributed by atoms with E-state index < -0.39 is 0 Å². The molecule has 2 heteroatoms. The van der Waals surface area contributed by atoms with Crippen LogP contribution in [0, 0.1) is 13.8 Å². The summed E-state index contributed by atoms with van der Waals surface area (Å²) in [4.78, 5) is 0. The molecular weight excluding hydrogens is 210 g/mol. The van der Waals surface area contributed by atoms with Crippen LogP contribution in [0.4, 0.5) is 0 Å². The molecule has 0 spiro atoms. The maximum Gasteiger partial charge on any atom is 0.113 e. The van der Waals surface area contributed by atoms with Crippen molar-refractivity contribution in [2.45, 2.75) is 32.7 Å². The van der Waals surface area contributed by atoms with Gasteiger partial charge < -0.3 is 10.1 Å². The van der Waals surface area contributed by atoms with E-state index in [4.69, 9.17) is 4.74 Å². The van der Waals surface area contributed by atoms with Gasteiger partial charge in [-0.15, -0.1) is 0 Å². The maximum atomic E-state index is 5.76. The van der Waals surface area contributed by atoms with Crippen molar-refractivity contribution in [3.05, 3.63) is 46.7 Å². The van der Waals surface area contributed by atoms with Crippen molar-refractivity contribution in [3.63, 3.8) is 0 Å². The van der Waals surface area contributed by atoms with E-state index in [9.17, 15) is 0 Å². The van der Waals surface area contributed by atoms with E-state index in [0.29, 0.717) is 0 Å². The van der Waals surface area contributed by atoms with Crippen LogP contribution in [0.1, 0.15) is 35.6 Å². The van der Waals surface area contributed by atoms with Gasteiger partial charge in [-0.05, 0) is 45.4 Å². The van der Waals surface area contributed by atoms with Crippen LogP contribution in [0.25, 0.3) is 0 Å². The van der Waals surface area contributed by atoms with Gasteiger partial charge in [-0.3, -0.25) is 0 Å². The first-order chi connectivity index (χ1) is 8.20. The van der Waals surface area contributed by atoms with Crippen LogP contribution >= 0.6 is 0 Å². The van der Waals surface area contributed by atoms with E-state index in [0.717, 1.165) is 25.2 Å². The predicted octanol–water partition coefficient (Wildman–Crippen LogP) is 3.26. The Hall–Kier alpha value is -1.28. The summed E-state index contributed by atoms with van der Waals surface area (Å²) < 4.78 is 5.76.